The molecular formula is C12H17BrO3. The van der Waals surface area contributed by atoms with E-state index in [0.29, 0.717) is 6.61 Å². The number of hydrogen-bond acceptors (Lipinski definition) is 3. The molecule has 1 heterocycles. The van der Waals surface area contributed by atoms with Crippen molar-refractivity contribution in [1.29, 1.82) is 0 Å². The summed E-state index contributed by atoms with van der Waals surface area (Å²) < 4.78 is 10.4. The van der Waals surface area contributed by atoms with Crippen molar-refractivity contribution in [1.82, 2.24) is 0 Å². The summed E-state index contributed by atoms with van der Waals surface area (Å²) in [4.78, 5) is 11.6. The van der Waals surface area contributed by atoms with Gasteiger partial charge in [0.15, 0.2) is 0 Å². The number of esters is 1. The summed E-state index contributed by atoms with van der Waals surface area (Å²) in [6.07, 6.45) is 3.83. The first-order chi connectivity index (χ1) is 7.65. The summed E-state index contributed by atoms with van der Waals surface area (Å²) in [5.41, 5.74) is 0.894. The molecule has 0 radical (unpaired) electrons. The van der Waals surface area contributed by atoms with Crippen molar-refractivity contribution in [3.05, 3.63) is 23.7 Å². The van der Waals surface area contributed by atoms with E-state index in [1.165, 1.54) is 0 Å². The van der Waals surface area contributed by atoms with E-state index in [9.17, 15) is 4.79 Å². The van der Waals surface area contributed by atoms with Gasteiger partial charge in [0.2, 0.25) is 0 Å². The molecular weight excluding hydrogens is 272 g/mol. The quantitative estimate of drug-likeness (QED) is 0.456. The Labute approximate surface area is 104 Å². The Morgan fingerprint density at radius 2 is 2.38 bits per heavy atom. The van der Waals surface area contributed by atoms with Crippen LogP contribution in [0.5, 0.6) is 0 Å². The second-order valence-corrected chi connectivity index (χ2v) is 5.05. The Bertz CT molecular complexity index is 331. The Morgan fingerprint density at radius 1 is 1.62 bits per heavy atom. The van der Waals surface area contributed by atoms with E-state index in [1.807, 2.05) is 13.0 Å². The van der Waals surface area contributed by atoms with Gasteiger partial charge in [0.1, 0.15) is 5.76 Å². The number of carbonyl (C=O) groups excluding carboxylic acids is 1. The molecule has 4 heteroatoms. The Morgan fingerprint density at radius 3 is 3.00 bits per heavy atom. The van der Waals surface area contributed by atoms with Crippen molar-refractivity contribution in [2.24, 2.45) is 0 Å². The lowest BCUT2D eigenvalue weighted by Gasteiger charge is -2.05. The van der Waals surface area contributed by atoms with Gasteiger partial charge in [-0.05, 0) is 19.4 Å². The molecule has 16 heavy (non-hydrogen) atoms. The van der Waals surface area contributed by atoms with Gasteiger partial charge in [0.25, 0.3) is 0 Å². The summed E-state index contributed by atoms with van der Waals surface area (Å²) in [6.45, 7) is 4.53. The van der Waals surface area contributed by atoms with E-state index in [4.69, 9.17) is 9.15 Å². The van der Waals surface area contributed by atoms with Gasteiger partial charge in [0.05, 0.1) is 24.1 Å². The SMILES string of the molecule is CCCCOC(=O)Cc1ccoc1C(C)Br. The van der Waals surface area contributed by atoms with Crippen LogP contribution in [0.1, 0.15) is 42.8 Å². The van der Waals surface area contributed by atoms with E-state index in [0.717, 1.165) is 24.2 Å². The summed E-state index contributed by atoms with van der Waals surface area (Å²) >= 11 is 3.42. The van der Waals surface area contributed by atoms with Crippen molar-refractivity contribution in [2.45, 2.75) is 37.9 Å². The molecule has 1 atom stereocenters. The number of rotatable bonds is 6. The minimum atomic E-state index is -0.191. The van der Waals surface area contributed by atoms with Gasteiger partial charge < -0.3 is 9.15 Å². The highest BCUT2D eigenvalue weighted by Crippen LogP contribution is 2.26. The number of halogens is 1. The molecule has 0 amide bonds. The number of carbonyl (C=O) groups is 1. The average molecular weight is 289 g/mol. The van der Waals surface area contributed by atoms with E-state index >= 15 is 0 Å². The average Bonchev–Trinajstić information content (AvgIpc) is 2.66. The molecule has 0 fully saturated rings. The first-order valence-electron chi connectivity index (χ1n) is 5.51. The number of ether oxygens (including phenoxy) is 1. The molecule has 1 unspecified atom stereocenters. The topological polar surface area (TPSA) is 39.4 Å². The lowest BCUT2D eigenvalue weighted by Crippen LogP contribution is -2.09. The molecule has 0 saturated heterocycles. The highest BCUT2D eigenvalue weighted by molar-refractivity contribution is 9.09. The van der Waals surface area contributed by atoms with E-state index in [2.05, 4.69) is 22.9 Å². The maximum absolute atomic E-state index is 11.5. The van der Waals surface area contributed by atoms with Crippen LogP contribution in [-0.2, 0) is 16.0 Å². The predicted octanol–water partition coefficient (Wildman–Crippen LogP) is 3.62. The second kappa shape index (κ2) is 6.74. The predicted molar refractivity (Wildman–Crippen MR) is 65.6 cm³/mol. The van der Waals surface area contributed by atoms with Crippen molar-refractivity contribution in [3.63, 3.8) is 0 Å². The molecule has 0 spiro atoms. The molecule has 0 N–H and O–H groups in total. The van der Waals surface area contributed by atoms with Crippen LogP contribution in [0.15, 0.2) is 16.7 Å². The third kappa shape index (κ3) is 4.00. The van der Waals surface area contributed by atoms with Gasteiger partial charge in [-0.1, -0.05) is 29.3 Å². The van der Waals surface area contributed by atoms with E-state index in [1.54, 1.807) is 6.26 Å². The third-order valence-corrected chi connectivity index (χ3v) is 2.65. The molecule has 90 valence electrons. The molecule has 1 aromatic heterocycles. The van der Waals surface area contributed by atoms with Crippen LogP contribution in [0.3, 0.4) is 0 Å². The minimum absolute atomic E-state index is 0.112. The van der Waals surface area contributed by atoms with Gasteiger partial charge >= 0.3 is 5.97 Å². The highest BCUT2D eigenvalue weighted by atomic mass is 79.9. The fourth-order valence-electron chi connectivity index (χ4n) is 1.38. The van der Waals surface area contributed by atoms with E-state index < -0.39 is 0 Å². The lowest BCUT2D eigenvalue weighted by molar-refractivity contribution is -0.142. The zero-order chi connectivity index (χ0) is 12.0. The van der Waals surface area contributed by atoms with Crippen LogP contribution >= 0.6 is 15.9 Å². The number of alkyl halides is 1. The Balaban J connectivity index is 2.46. The number of hydrogen-bond donors (Lipinski definition) is 0. The molecule has 0 saturated carbocycles. The van der Waals surface area contributed by atoms with Gasteiger partial charge in [-0.25, -0.2) is 0 Å². The molecule has 0 aliphatic heterocycles. The van der Waals surface area contributed by atoms with E-state index in [-0.39, 0.29) is 17.2 Å². The van der Waals surface area contributed by atoms with Gasteiger partial charge in [-0.3, -0.25) is 4.79 Å². The molecule has 0 aliphatic carbocycles. The molecule has 1 aromatic rings. The molecule has 3 nitrogen and oxygen atoms in total. The Kier molecular flexibility index (Phi) is 5.60. The van der Waals surface area contributed by atoms with Crippen molar-refractivity contribution < 1.29 is 13.9 Å². The minimum Gasteiger partial charge on any atom is -0.468 e. The fraction of sp³-hybridized carbons (Fsp3) is 0.583. The van der Waals surface area contributed by atoms with Crippen LogP contribution in [0, 0.1) is 0 Å². The van der Waals surface area contributed by atoms with Gasteiger partial charge in [-0.15, -0.1) is 0 Å². The largest absolute Gasteiger partial charge is 0.468 e. The Hall–Kier alpha value is -0.770. The monoisotopic (exact) mass is 288 g/mol. The first-order valence-corrected chi connectivity index (χ1v) is 6.42. The first kappa shape index (κ1) is 13.3. The smallest absolute Gasteiger partial charge is 0.310 e. The number of unbranched alkanes of at least 4 members (excludes halogenated alkanes) is 1. The summed E-state index contributed by atoms with van der Waals surface area (Å²) in [6, 6.07) is 1.81. The van der Waals surface area contributed by atoms with Crippen molar-refractivity contribution in [2.75, 3.05) is 6.61 Å². The molecule has 0 aromatic carbocycles. The van der Waals surface area contributed by atoms with Gasteiger partial charge in [0, 0.05) is 5.56 Å². The van der Waals surface area contributed by atoms with Gasteiger partial charge in [-0.2, -0.15) is 0 Å². The van der Waals surface area contributed by atoms with Crippen LogP contribution in [0.2, 0.25) is 0 Å². The standard InChI is InChI=1S/C12H17BrO3/c1-3-4-6-15-11(14)8-10-5-7-16-12(10)9(2)13/h5,7,9H,3-4,6,8H2,1-2H3. The zero-order valence-electron chi connectivity index (χ0n) is 9.66. The van der Waals surface area contributed by atoms with Crippen LogP contribution in [0.25, 0.3) is 0 Å². The summed E-state index contributed by atoms with van der Waals surface area (Å²) in [5.74, 6) is 0.608. The van der Waals surface area contributed by atoms with Crippen LogP contribution in [0.4, 0.5) is 0 Å². The summed E-state index contributed by atoms with van der Waals surface area (Å²) in [7, 11) is 0. The maximum atomic E-state index is 11.5. The molecule has 0 aliphatic rings. The highest BCUT2D eigenvalue weighted by Gasteiger charge is 2.15. The second-order valence-electron chi connectivity index (χ2n) is 3.68. The maximum Gasteiger partial charge on any atom is 0.310 e. The summed E-state index contributed by atoms with van der Waals surface area (Å²) in [5, 5.41) is 0. The zero-order valence-corrected chi connectivity index (χ0v) is 11.2. The van der Waals surface area contributed by atoms with Crippen LogP contribution < -0.4 is 0 Å². The number of furan rings is 1. The third-order valence-electron chi connectivity index (χ3n) is 2.24. The van der Waals surface area contributed by atoms with Crippen molar-refractivity contribution >= 4 is 21.9 Å². The normalized spacial score (nSPS) is 12.4. The van der Waals surface area contributed by atoms with Crippen LogP contribution in [-0.4, -0.2) is 12.6 Å². The fourth-order valence-corrected chi connectivity index (χ4v) is 1.78. The lowest BCUT2D eigenvalue weighted by atomic mass is 10.1. The van der Waals surface area contributed by atoms with Crippen molar-refractivity contribution in [3.8, 4) is 0 Å². The molecule has 1 rings (SSSR count). The molecule has 0 bridgehead atoms.